The minimum atomic E-state index is -0.451. The van der Waals surface area contributed by atoms with Gasteiger partial charge in [-0.2, -0.15) is 5.10 Å². The molecule has 0 saturated carbocycles. The minimum Gasteiger partial charge on any atom is -0.344 e. The van der Waals surface area contributed by atoms with Gasteiger partial charge in [-0.1, -0.05) is 42.5 Å². The van der Waals surface area contributed by atoms with Crippen LogP contribution in [0.25, 0.3) is 11.3 Å². The van der Waals surface area contributed by atoms with Crippen molar-refractivity contribution in [3.05, 3.63) is 82.0 Å². The van der Waals surface area contributed by atoms with Crippen LogP contribution in [-0.4, -0.2) is 20.6 Å². The highest BCUT2D eigenvalue weighted by Gasteiger charge is 2.17. The zero-order chi connectivity index (χ0) is 18.7. The van der Waals surface area contributed by atoms with Crippen LogP contribution in [0.1, 0.15) is 29.0 Å². The van der Waals surface area contributed by atoms with E-state index >= 15 is 0 Å². The lowest BCUT2D eigenvalue weighted by atomic mass is 10.1. The molecule has 1 heterocycles. The molecule has 1 amide bonds. The Morgan fingerprint density at radius 2 is 1.81 bits per heavy atom. The number of nitrogens with one attached hydrogen (secondary N) is 1. The predicted molar refractivity (Wildman–Crippen MR) is 97.6 cm³/mol. The summed E-state index contributed by atoms with van der Waals surface area (Å²) >= 11 is 0. The van der Waals surface area contributed by atoms with E-state index in [-0.39, 0.29) is 17.6 Å². The highest BCUT2D eigenvalue weighted by atomic mass is 16.6. The highest BCUT2D eigenvalue weighted by Crippen LogP contribution is 2.20. The van der Waals surface area contributed by atoms with Gasteiger partial charge in [-0.3, -0.25) is 19.6 Å². The molecule has 3 aromatic rings. The number of aryl methyl sites for hydroxylation is 1. The lowest BCUT2D eigenvalue weighted by molar-refractivity contribution is -0.384. The number of benzene rings is 2. The van der Waals surface area contributed by atoms with Gasteiger partial charge in [0.05, 0.1) is 16.7 Å². The first-order valence-electron chi connectivity index (χ1n) is 8.10. The molecule has 0 fully saturated rings. The molecule has 7 nitrogen and oxygen atoms in total. The lowest BCUT2D eigenvalue weighted by Crippen LogP contribution is -2.28. The van der Waals surface area contributed by atoms with Crippen LogP contribution in [0.5, 0.6) is 0 Å². The summed E-state index contributed by atoms with van der Waals surface area (Å²) in [4.78, 5) is 22.9. The standard InChI is InChI=1S/C19H18N4O3/c1-13(14-8-10-16(11-9-14)23(25)26)20-19(24)18-12-17(21-22(18)2)15-6-4-3-5-7-15/h3-13H,1-2H3,(H,20,24)/t13-/m1/s1. The molecular formula is C19H18N4O3. The lowest BCUT2D eigenvalue weighted by Gasteiger charge is -2.14. The molecule has 0 bridgehead atoms. The van der Waals surface area contributed by atoms with Crippen LogP contribution in [0, 0.1) is 10.1 Å². The Morgan fingerprint density at radius 3 is 2.42 bits per heavy atom. The summed E-state index contributed by atoms with van der Waals surface area (Å²) in [5.41, 5.74) is 2.91. The van der Waals surface area contributed by atoms with Crippen LogP contribution in [0.2, 0.25) is 0 Å². The van der Waals surface area contributed by atoms with Gasteiger partial charge in [0.1, 0.15) is 5.69 Å². The van der Waals surface area contributed by atoms with Gasteiger partial charge in [0.25, 0.3) is 11.6 Å². The van der Waals surface area contributed by atoms with Crippen LogP contribution in [0.3, 0.4) is 0 Å². The highest BCUT2D eigenvalue weighted by molar-refractivity contribution is 5.94. The summed E-state index contributed by atoms with van der Waals surface area (Å²) in [5, 5.41) is 18.0. The molecule has 26 heavy (non-hydrogen) atoms. The zero-order valence-corrected chi connectivity index (χ0v) is 14.4. The van der Waals surface area contributed by atoms with Gasteiger partial charge in [-0.25, -0.2) is 0 Å². The summed E-state index contributed by atoms with van der Waals surface area (Å²) < 4.78 is 1.54. The van der Waals surface area contributed by atoms with E-state index in [9.17, 15) is 14.9 Å². The Labute approximate surface area is 150 Å². The van der Waals surface area contributed by atoms with Crippen LogP contribution in [-0.2, 0) is 7.05 Å². The quantitative estimate of drug-likeness (QED) is 0.563. The van der Waals surface area contributed by atoms with E-state index in [1.807, 2.05) is 37.3 Å². The Hall–Kier alpha value is -3.48. The molecule has 0 aliphatic heterocycles. The molecule has 3 rings (SSSR count). The molecule has 0 saturated heterocycles. The molecule has 7 heteroatoms. The number of nitro groups is 1. The van der Waals surface area contributed by atoms with Crippen molar-refractivity contribution in [2.45, 2.75) is 13.0 Å². The average Bonchev–Trinajstić information content (AvgIpc) is 3.04. The van der Waals surface area contributed by atoms with Gasteiger partial charge < -0.3 is 5.32 Å². The number of nitro benzene ring substituents is 1. The molecule has 1 atom stereocenters. The van der Waals surface area contributed by atoms with E-state index in [1.165, 1.54) is 12.1 Å². The van der Waals surface area contributed by atoms with Gasteiger partial charge in [0, 0.05) is 24.7 Å². The number of hydrogen-bond acceptors (Lipinski definition) is 4. The van der Waals surface area contributed by atoms with E-state index in [0.717, 1.165) is 16.8 Å². The first kappa shape index (κ1) is 17.3. The van der Waals surface area contributed by atoms with Crippen LogP contribution in [0.15, 0.2) is 60.7 Å². The number of carbonyl (C=O) groups is 1. The number of carbonyl (C=O) groups excluding carboxylic acids is 1. The van der Waals surface area contributed by atoms with Gasteiger partial charge in [0.2, 0.25) is 0 Å². The number of rotatable bonds is 5. The molecular weight excluding hydrogens is 332 g/mol. The number of aromatic nitrogens is 2. The van der Waals surface area contributed by atoms with Crippen molar-refractivity contribution >= 4 is 11.6 Å². The first-order chi connectivity index (χ1) is 12.5. The van der Waals surface area contributed by atoms with E-state index in [2.05, 4.69) is 10.4 Å². The Morgan fingerprint density at radius 1 is 1.15 bits per heavy atom. The van der Waals surface area contributed by atoms with Crippen LogP contribution >= 0.6 is 0 Å². The summed E-state index contributed by atoms with van der Waals surface area (Å²) in [6.45, 7) is 1.83. The Balaban J connectivity index is 1.75. The van der Waals surface area contributed by atoms with Crippen molar-refractivity contribution in [1.82, 2.24) is 15.1 Å². The number of hydrogen-bond donors (Lipinski definition) is 1. The number of amides is 1. The van der Waals surface area contributed by atoms with Crippen molar-refractivity contribution in [2.75, 3.05) is 0 Å². The van der Waals surface area contributed by atoms with Gasteiger partial charge >= 0.3 is 0 Å². The zero-order valence-electron chi connectivity index (χ0n) is 14.4. The monoisotopic (exact) mass is 350 g/mol. The molecule has 2 aromatic carbocycles. The number of nitrogens with zero attached hydrogens (tertiary/aromatic N) is 3. The summed E-state index contributed by atoms with van der Waals surface area (Å²) in [5.74, 6) is -0.256. The average molecular weight is 350 g/mol. The van der Waals surface area contributed by atoms with Crippen LogP contribution < -0.4 is 5.32 Å². The second kappa shape index (κ2) is 7.18. The van der Waals surface area contributed by atoms with Crippen molar-refractivity contribution < 1.29 is 9.72 Å². The molecule has 1 aromatic heterocycles. The fourth-order valence-corrected chi connectivity index (χ4v) is 2.67. The minimum absolute atomic E-state index is 0.0198. The molecule has 132 valence electrons. The first-order valence-corrected chi connectivity index (χ1v) is 8.10. The van der Waals surface area contributed by atoms with E-state index in [4.69, 9.17) is 0 Å². The predicted octanol–water partition coefficient (Wildman–Crippen LogP) is 3.49. The smallest absolute Gasteiger partial charge is 0.270 e. The summed E-state index contributed by atoms with van der Waals surface area (Å²) in [7, 11) is 1.72. The molecule has 0 unspecified atom stereocenters. The van der Waals surface area contributed by atoms with Crippen molar-refractivity contribution in [3.8, 4) is 11.3 Å². The Kier molecular flexibility index (Phi) is 4.79. The maximum atomic E-state index is 12.6. The van der Waals surface area contributed by atoms with E-state index in [1.54, 1.807) is 29.9 Å². The third-order valence-corrected chi connectivity index (χ3v) is 4.13. The van der Waals surface area contributed by atoms with Crippen molar-refractivity contribution in [3.63, 3.8) is 0 Å². The van der Waals surface area contributed by atoms with Gasteiger partial charge in [-0.05, 0) is 18.6 Å². The third kappa shape index (κ3) is 3.61. The fourth-order valence-electron chi connectivity index (χ4n) is 2.67. The summed E-state index contributed by atoms with van der Waals surface area (Å²) in [6.07, 6.45) is 0. The second-order valence-corrected chi connectivity index (χ2v) is 5.95. The van der Waals surface area contributed by atoms with Crippen molar-refractivity contribution in [1.29, 1.82) is 0 Å². The van der Waals surface area contributed by atoms with Gasteiger partial charge in [-0.15, -0.1) is 0 Å². The van der Waals surface area contributed by atoms with Gasteiger partial charge in [0.15, 0.2) is 0 Å². The second-order valence-electron chi connectivity index (χ2n) is 5.95. The molecule has 0 aliphatic carbocycles. The van der Waals surface area contributed by atoms with E-state index < -0.39 is 4.92 Å². The fraction of sp³-hybridized carbons (Fsp3) is 0.158. The normalized spacial score (nSPS) is 11.8. The SMILES string of the molecule is C[C@@H](NC(=O)c1cc(-c2ccccc2)nn1C)c1ccc([N+](=O)[O-])cc1. The molecule has 0 radical (unpaired) electrons. The molecule has 0 spiro atoms. The number of non-ortho nitro benzene ring substituents is 1. The summed E-state index contributed by atoms with van der Waals surface area (Å²) in [6, 6.07) is 17.2. The topological polar surface area (TPSA) is 90.1 Å². The van der Waals surface area contributed by atoms with Crippen LogP contribution in [0.4, 0.5) is 5.69 Å². The van der Waals surface area contributed by atoms with E-state index in [0.29, 0.717) is 5.69 Å². The van der Waals surface area contributed by atoms with Crippen molar-refractivity contribution in [2.24, 2.45) is 7.05 Å². The maximum absolute atomic E-state index is 12.6. The molecule has 0 aliphatic rings. The largest absolute Gasteiger partial charge is 0.344 e. The Bertz CT molecular complexity index is 933. The third-order valence-electron chi connectivity index (χ3n) is 4.13. The molecule has 1 N–H and O–H groups in total. The maximum Gasteiger partial charge on any atom is 0.270 e.